The van der Waals surface area contributed by atoms with Crippen LogP contribution < -0.4 is 0 Å². The highest BCUT2D eigenvalue weighted by molar-refractivity contribution is 5.80. The Morgan fingerprint density at radius 1 is 1.33 bits per heavy atom. The van der Waals surface area contributed by atoms with Crippen LogP contribution in [-0.4, -0.2) is 11.9 Å². The molecule has 0 radical (unpaired) electrons. The van der Waals surface area contributed by atoms with Gasteiger partial charge in [-0.25, -0.2) is 0 Å². The standard InChI is InChI=1S/C13H20O2/c1-6-9-13(11(5)14)15-12(8-3)10(4)7-2/h7-8,13H,2-3,6,9H2,1,4-5H3/b12-10+. The van der Waals surface area contributed by atoms with Crippen LogP contribution >= 0.6 is 0 Å². The maximum Gasteiger partial charge on any atom is 0.170 e. The second-order valence-corrected chi connectivity index (χ2v) is 3.46. The summed E-state index contributed by atoms with van der Waals surface area (Å²) in [7, 11) is 0. The monoisotopic (exact) mass is 208 g/mol. The SMILES string of the molecule is C=C/C(C)=C(\C=C)OC(CCC)C(C)=O. The second kappa shape index (κ2) is 7.04. The van der Waals surface area contributed by atoms with Gasteiger partial charge in [-0.05, 0) is 31.9 Å². The maximum absolute atomic E-state index is 11.3. The Morgan fingerprint density at radius 2 is 1.93 bits per heavy atom. The molecule has 2 nitrogen and oxygen atoms in total. The molecule has 0 N–H and O–H groups in total. The Bertz CT molecular complexity index is 274. The van der Waals surface area contributed by atoms with Crippen molar-refractivity contribution in [1.29, 1.82) is 0 Å². The van der Waals surface area contributed by atoms with E-state index in [0.29, 0.717) is 5.76 Å². The molecule has 0 aromatic carbocycles. The Morgan fingerprint density at radius 3 is 2.27 bits per heavy atom. The van der Waals surface area contributed by atoms with Gasteiger partial charge in [0.2, 0.25) is 0 Å². The third-order valence-corrected chi connectivity index (χ3v) is 2.15. The van der Waals surface area contributed by atoms with Crippen molar-refractivity contribution in [2.45, 2.75) is 39.7 Å². The quantitative estimate of drug-likeness (QED) is 0.473. The summed E-state index contributed by atoms with van der Waals surface area (Å²) in [6.07, 6.45) is 4.60. The molecule has 0 rings (SSSR count). The van der Waals surface area contributed by atoms with Gasteiger partial charge in [0, 0.05) is 0 Å². The highest BCUT2D eigenvalue weighted by atomic mass is 16.5. The number of hydrogen-bond donors (Lipinski definition) is 0. The third kappa shape index (κ3) is 4.63. The summed E-state index contributed by atoms with van der Waals surface area (Å²) < 4.78 is 5.60. The number of carbonyl (C=O) groups is 1. The minimum atomic E-state index is -0.363. The molecule has 0 heterocycles. The fourth-order valence-corrected chi connectivity index (χ4v) is 1.16. The topological polar surface area (TPSA) is 26.3 Å². The summed E-state index contributed by atoms with van der Waals surface area (Å²) in [6.45, 7) is 12.8. The van der Waals surface area contributed by atoms with E-state index in [1.165, 1.54) is 0 Å². The third-order valence-electron chi connectivity index (χ3n) is 2.15. The van der Waals surface area contributed by atoms with Gasteiger partial charge in [-0.3, -0.25) is 4.79 Å². The van der Waals surface area contributed by atoms with Crippen LogP contribution in [0.15, 0.2) is 36.6 Å². The minimum Gasteiger partial charge on any atom is -0.482 e. The normalized spacial score (nSPS) is 13.8. The number of Topliss-reactive ketones (excluding diaryl/α,β-unsaturated/α-hetero) is 1. The first kappa shape index (κ1) is 13.7. The zero-order valence-corrected chi connectivity index (χ0v) is 9.88. The molecule has 0 aliphatic carbocycles. The van der Waals surface area contributed by atoms with Gasteiger partial charge in [-0.1, -0.05) is 32.6 Å². The minimum absolute atomic E-state index is 0.0491. The molecule has 0 aromatic rings. The van der Waals surface area contributed by atoms with Gasteiger partial charge >= 0.3 is 0 Å². The van der Waals surface area contributed by atoms with Crippen molar-refractivity contribution in [1.82, 2.24) is 0 Å². The Kier molecular flexibility index (Phi) is 6.43. The first-order valence-corrected chi connectivity index (χ1v) is 5.19. The molecule has 2 heteroatoms. The van der Waals surface area contributed by atoms with E-state index < -0.39 is 0 Å². The summed E-state index contributed by atoms with van der Waals surface area (Å²) >= 11 is 0. The average Bonchev–Trinajstić information content (AvgIpc) is 2.22. The summed E-state index contributed by atoms with van der Waals surface area (Å²) in [6, 6.07) is 0. The number of rotatable bonds is 7. The highest BCUT2D eigenvalue weighted by Gasteiger charge is 2.15. The lowest BCUT2D eigenvalue weighted by Crippen LogP contribution is -2.21. The van der Waals surface area contributed by atoms with Gasteiger partial charge in [0.25, 0.3) is 0 Å². The summed E-state index contributed by atoms with van der Waals surface area (Å²) in [5, 5.41) is 0. The summed E-state index contributed by atoms with van der Waals surface area (Å²) in [4.78, 5) is 11.3. The molecule has 0 fully saturated rings. The van der Waals surface area contributed by atoms with Crippen molar-refractivity contribution in [2.24, 2.45) is 0 Å². The molecule has 1 unspecified atom stereocenters. The van der Waals surface area contributed by atoms with E-state index in [1.807, 2.05) is 13.8 Å². The van der Waals surface area contributed by atoms with Crippen molar-refractivity contribution in [3.05, 3.63) is 36.6 Å². The average molecular weight is 208 g/mol. The van der Waals surface area contributed by atoms with E-state index in [0.717, 1.165) is 18.4 Å². The number of ketones is 1. The fraction of sp³-hybridized carbons (Fsp3) is 0.462. The van der Waals surface area contributed by atoms with Crippen LogP contribution in [0.3, 0.4) is 0 Å². The van der Waals surface area contributed by atoms with Gasteiger partial charge in [0.15, 0.2) is 11.9 Å². The Balaban J connectivity index is 4.70. The predicted molar refractivity (Wildman–Crippen MR) is 63.6 cm³/mol. The van der Waals surface area contributed by atoms with Crippen molar-refractivity contribution < 1.29 is 9.53 Å². The van der Waals surface area contributed by atoms with E-state index in [1.54, 1.807) is 19.1 Å². The lowest BCUT2D eigenvalue weighted by atomic mass is 10.1. The van der Waals surface area contributed by atoms with Gasteiger partial charge < -0.3 is 4.74 Å². The number of hydrogen-bond acceptors (Lipinski definition) is 2. The number of carbonyl (C=O) groups excluding carboxylic acids is 1. The van der Waals surface area contributed by atoms with E-state index in [9.17, 15) is 4.79 Å². The van der Waals surface area contributed by atoms with Crippen LogP contribution in [0.2, 0.25) is 0 Å². The van der Waals surface area contributed by atoms with Gasteiger partial charge in [-0.15, -0.1) is 0 Å². The predicted octanol–water partition coefficient (Wildman–Crippen LogP) is 3.41. The molecule has 0 aliphatic rings. The van der Waals surface area contributed by atoms with Crippen LogP contribution in [-0.2, 0) is 9.53 Å². The lowest BCUT2D eigenvalue weighted by Gasteiger charge is -2.17. The smallest absolute Gasteiger partial charge is 0.170 e. The molecule has 84 valence electrons. The lowest BCUT2D eigenvalue weighted by molar-refractivity contribution is -0.126. The van der Waals surface area contributed by atoms with Crippen molar-refractivity contribution in [3.8, 4) is 0 Å². The Labute approximate surface area is 92.3 Å². The molecule has 0 aliphatic heterocycles. The van der Waals surface area contributed by atoms with Crippen LogP contribution in [0.4, 0.5) is 0 Å². The van der Waals surface area contributed by atoms with Gasteiger partial charge in [0.1, 0.15) is 5.76 Å². The molecule has 0 saturated carbocycles. The number of allylic oxidation sites excluding steroid dienone is 3. The molecular weight excluding hydrogens is 188 g/mol. The zero-order chi connectivity index (χ0) is 11.8. The summed E-state index contributed by atoms with van der Waals surface area (Å²) in [5.41, 5.74) is 0.896. The highest BCUT2D eigenvalue weighted by Crippen LogP contribution is 2.14. The maximum atomic E-state index is 11.3. The van der Waals surface area contributed by atoms with Crippen molar-refractivity contribution in [3.63, 3.8) is 0 Å². The molecular formula is C13H20O2. The fourth-order valence-electron chi connectivity index (χ4n) is 1.16. The molecule has 0 amide bonds. The van der Waals surface area contributed by atoms with Crippen molar-refractivity contribution >= 4 is 5.78 Å². The Hall–Kier alpha value is -1.31. The largest absolute Gasteiger partial charge is 0.482 e. The number of ether oxygens (including phenoxy) is 1. The van der Waals surface area contributed by atoms with Crippen LogP contribution in [0, 0.1) is 0 Å². The van der Waals surface area contributed by atoms with Crippen LogP contribution in [0.5, 0.6) is 0 Å². The molecule has 0 aromatic heterocycles. The van der Waals surface area contributed by atoms with Crippen molar-refractivity contribution in [2.75, 3.05) is 0 Å². The second-order valence-electron chi connectivity index (χ2n) is 3.46. The van der Waals surface area contributed by atoms with Crippen LogP contribution in [0.25, 0.3) is 0 Å². The van der Waals surface area contributed by atoms with E-state index in [2.05, 4.69) is 13.2 Å². The summed E-state index contributed by atoms with van der Waals surface area (Å²) in [5.74, 6) is 0.687. The van der Waals surface area contributed by atoms with Gasteiger partial charge in [0.05, 0.1) is 0 Å². The van der Waals surface area contributed by atoms with E-state index in [-0.39, 0.29) is 11.9 Å². The first-order valence-electron chi connectivity index (χ1n) is 5.19. The van der Waals surface area contributed by atoms with E-state index >= 15 is 0 Å². The van der Waals surface area contributed by atoms with E-state index in [4.69, 9.17) is 4.74 Å². The molecule has 0 bridgehead atoms. The molecule has 0 saturated heterocycles. The molecule has 0 spiro atoms. The molecule has 15 heavy (non-hydrogen) atoms. The van der Waals surface area contributed by atoms with Gasteiger partial charge in [-0.2, -0.15) is 0 Å². The first-order chi connectivity index (χ1) is 7.06. The molecule has 1 atom stereocenters. The zero-order valence-electron chi connectivity index (χ0n) is 9.88. The van der Waals surface area contributed by atoms with Crippen LogP contribution in [0.1, 0.15) is 33.6 Å².